The van der Waals surface area contributed by atoms with Gasteiger partial charge in [0.2, 0.25) is 0 Å². The predicted octanol–water partition coefficient (Wildman–Crippen LogP) is 2.19. The number of hydrogen-bond acceptors (Lipinski definition) is 7. The van der Waals surface area contributed by atoms with Crippen LogP contribution in [0.5, 0.6) is 5.75 Å². The third kappa shape index (κ3) is 3.35. The first-order valence-electron chi connectivity index (χ1n) is 7.85. The van der Waals surface area contributed by atoms with E-state index >= 15 is 0 Å². The van der Waals surface area contributed by atoms with E-state index in [2.05, 4.69) is 0 Å². The lowest BCUT2D eigenvalue weighted by molar-refractivity contribution is -0.163. The summed E-state index contributed by atoms with van der Waals surface area (Å²) in [6.45, 7) is 4.81. The molecule has 1 heterocycles. The van der Waals surface area contributed by atoms with Gasteiger partial charge in [-0.1, -0.05) is 0 Å². The maximum absolute atomic E-state index is 12.6. The van der Waals surface area contributed by atoms with Crippen LogP contribution >= 0.6 is 0 Å². The van der Waals surface area contributed by atoms with E-state index in [0.717, 1.165) is 6.07 Å². The van der Waals surface area contributed by atoms with Crippen molar-refractivity contribution in [3.05, 3.63) is 40.2 Å². The molecule has 2 aromatic rings. The number of carbonyl (C=O) groups is 2. The third-order valence-electron chi connectivity index (χ3n) is 3.86. The first-order chi connectivity index (χ1) is 11.9. The normalized spacial score (nSPS) is 11.2. The fourth-order valence-corrected chi connectivity index (χ4v) is 2.54. The summed E-state index contributed by atoms with van der Waals surface area (Å²) < 4.78 is 20.4. The molecule has 0 aliphatic heterocycles. The van der Waals surface area contributed by atoms with Crippen molar-refractivity contribution >= 4 is 22.9 Å². The minimum atomic E-state index is -1.80. The van der Waals surface area contributed by atoms with Crippen LogP contribution < -0.4 is 10.4 Å². The highest BCUT2D eigenvalue weighted by atomic mass is 16.6. The number of methoxy groups -OCH3 is 1. The summed E-state index contributed by atoms with van der Waals surface area (Å²) in [4.78, 5) is 37.2. The first kappa shape index (κ1) is 18.5. The molecule has 0 aliphatic rings. The summed E-state index contributed by atoms with van der Waals surface area (Å²) in [6.07, 6.45) is 0. The van der Waals surface area contributed by atoms with Crippen LogP contribution in [-0.2, 0) is 24.5 Å². The van der Waals surface area contributed by atoms with E-state index < -0.39 is 23.0 Å². The Labute approximate surface area is 144 Å². The van der Waals surface area contributed by atoms with Crippen LogP contribution in [-0.4, -0.2) is 32.3 Å². The molecule has 0 spiro atoms. The molecule has 0 aliphatic carbocycles. The molecule has 0 amide bonds. The molecular formula is C18H20O7. The lowest BCUT2D eigenvalue weighted by atomic mass is 9.81. The second-order valence-electron chi connectivity index (χ2n) is 5.41. The molecule has 0 N–H and O–H groups in total. The van der Waals surface area contributed by atoms with Gasteiger partial charge in [0, 0.05) is 17.5 Å². The number of esters is 2. The van der Waals surface area contributed by atoms with Gasteiger partial charge in [0.25, 0.3) is 0 Å². The largest absolute Gasteiger partial charge is 0.497 e. The molecule has 7 nitrogen and oxygen atoms in total. The molecule has 2 rings (SSSR count). The van der Waals surface area contributed by atoms with Gasteiger partial charge < -0.3 is 18.6 Å². The molecule has 0 saturated carbocycles. The number of rotatable bonds is 6. The van der Waals surface area contributed by atoms with E-state index in [1.165, 1.54) is 20.1 Å². The highest BCUT2D eigenvalue weighted by Crippen LogP contribution is 2.33. The lowest BCUT2D eigenvalue weighted by Gasteiger charge is -2.26. The average Bonchev–Trinajstić information content (AvgIpc) is 2.59. The van der Waals surface area contributed by atoms with Crippen LogP contribution in [0.2, 0.25) is 0 Å². The topological polar surface area (TPSA) is 92.0 Å². The number of fused-ring (bicyclic) bond motifs is 1. The Kier molecular flexibility index (Phi) is 5.46. The van der Waals surface area contributed by atoms with E-state index in [-0.39, 0.29) is 24.4 Å². The van der Waals surface area contributed by atoms with Crippen LogP contribution in [0.15, 0.2) is 33.5 Å². The van der Waals surface area contributed by atoms with E-state index in [1.54, 1.807) is 26.0 Å². The summed E-state index contributed by atoms with van der Waals surface area (Å²) in [6, 6.07) is 5.88. The Morgan fingerprint density at radius 2 is 1.68 bits per heavy atom. The van der Waals surface area contributed by atoms with Crippen molar-refractivity contribution in [1.29, 1.82) is 0 Å². The number of ether oxygens (including phenoxy) is 3. The standard InChI is InChI=1S/C18H20O7/c1-5-23-16(20)18(3,17(21)24-6-2)13-10-15(19)25-14-9-11(22-4)7-8-12(13)14/h7-10H,5-6H2,1-4H3. The molecule has 25 heavy (non-hydrogen) atoms. The van der Waals surface area contributed by atoms with Gasteiger partial charge in [-0.05, 0) is 38.5 Å². The van der Waals surface area contributed by atoms with Gasteiger partial charge in [-0.2, -0.15) is 0 Å². The Morgan fingerprint density at radius 3 is 2.20 bits per heavy atom. The van der Waals surface area contributed by atoms with Gasteiger partial charge in [-0.15, -0.1) is 0 Å². The van der Waals surface area contributed by atoms with E-state index in [1.807, 2.05) is 0 Å². The number of hydrogen-bond donors (Lipinski definition) is 0. The molecule has 134 valence electrons. The Hall–Kier alpha value is -2.83. The quantitative estimate of drug-likeness (QED) is 0.449. The third-order valence-corrected chi connectivity index (χ3v) is 3.86. The lowest BCUT2D eigenvalue weighted by Crippen LogP contribution is -2.44. The Morgan fingerprint density at radius 1 is 1.08 bits per heavy atom. The van der Waals surface area contributed by atoms with E-state index in [0.29, 0.717) is 11.1 Å². The van der Waals surface area contributed by atoms with Gasteiger partial charge in [0.1, 0.15) is 11.3 Å². The van der Waals surface area contributed by atoms with Crippen molar-refractivity contribution in [2.75, 3.05) is 20.3 Å². The molecule has 0 radical (unpaired) electrons. The molecule has 0 saturated heterocycles. The maximum Gasteiger partial charge on any atom is 0.336 e. The molecule has 0 fully saturated rings. The van der Waals surface area contributed by atoms with Crippen molar-refractivity contribution in [3.8, 4) is 5.75 Å². The Balaban J connectivity index is 2.78. The van der Waals surface area contributed by atoms with Gasteiger partial charge in [-0.3, -0.25) is 9.59 Å². The zero-order valence-corrected chi connectivity index (χ0v) is 14.6. The summed E-state index contributed by atoms with van der Waals surface area (Å²) in [7, 11) is 1.48. The predicted molar refractivity (Wildman–Crippen MR) is 89.7 cm³/mol. The molecule has 1 aromatic carbocycles. The van der Waals surface area contributed by atoms with Gasteiger partial charge in [0.05, 0.1) is 20.3 Å². The highest BCUT2D eigenvalue weighted by molar-refractivity contribution is 6.08. The highest BCUT2D eigenvalue weighted by Gasteiger charge is 2.47. The maximum atomic E-state index is 12.6. The van der Waals surface area contributed by atoms with Crippen molar-refractivity contribution in [1.82, 2.24) is 0 Å². The van der Waals surface area contributed by atoms with Crippen molar-refractivity contribution in [2.24, 2.45) is 0 Å². The number of carbonyl (C=O) groups excluding carboxylic acids is 2. The minimum Gasteiger partial charge on any atom is -0.497 e. The summed E-state index contributed by atoms with van der Waals surface area (Å²) >= 11 is 0. The Bertz CT molecular complexity index is 832. The van der Waals surface area contributed by atoms with E-state index in [9.17, 15) is 14.4 Å². The summed E-state index contributed by atoms with van der Waals surface area (Å²) in [5, 5.41) is 0.420. The van der Waals surface area contributed by atoms with Gasteiger partial charge in [0.15, 0.2) is 5.41 Å². The van der Waals surface area contributed by atoms with Crippen molar-refractivity contribution in [2.45, 2.75) is 26.2 Å². The molecular weight excluding hydrogens is 328 g/mol. The van der Waals surface area contributed by atoms with Crippen LogP contribution in [0.25, 0.3) is 11.0 Å². The van der Waals surface area contributed by atoms with Crippen LogP contribution in [0.1, 0.15) is 26.3 Å². The van der Waals surface area contributed by atoms with Crippen LogP contribution in [0.4, 0.5) is 0 Å². The monoisotopic (exact) mass is 348 g/mol. The van der Waals surface area contributed by atoms with E-state index in [4.69, 9.17) is 18.6 Å². The molecule has 1 aromatic heterocycles. The number of benzene rings is 1. The van der Waals surface area contributed by atoms with Crippen LogP contribution in [0, 0.1) is 0 Å². The minimum absolute atomic E-state index is 0.0843. The smallest absolute Gasteiger partial charge is 0.336 e. The fourth-order valence-electron chi connectivity index (χ4n) is 2.54. The zero-order valence-electron chi connectivity index (χ0n) is 14.6. The molecule has 0 unspecified atom stereocenters. The molecule has 0 bridgehead atoms. The average molecular weight is 348 g/mol. The summed E-state index contributed by atoms with van der Waals surface area (Å²) in [5.74, 6) is -1.12. The first-order valence-corrected chi connectivity index (χ1v) is 7.85. The fraction of sp³-hybridized carbons (Fsp3) is 0.389. The zero-order chi connectivity index (χ0) is 18.6. The van der Waals surface area contributed by atoms with Crippen LogP contribution in [0.3, 0.4) is 0 Å². The second kappa shape index (κ2) is 7.38. The molecule has 0 atom stereocenters. The second-order valence-corrected chi connectivity index (χ2v) is 5.41. The summed E-state index contributed by atoms with van der Waals surface area (Å²) in [5.41, 5.74) is -2.13. The van der Waals surface area contributed by atoms with Gasteiger partial charge in [-0.25, -0.2) is 4.79 Å². The SMILES string of the molecule is CCOC(=O)C(C)(C(=O)OCC)c1cc(=O)oc2cc(OC)ccc12. The van der Waals surface area contributed by atoms with Gasteiger partial charge >= 0.3 is 17.6 Å². The molecule has 7 heteroatoms. The van der Waals surface area contributed by atoms with Crippen molar-refractivity contribution < 1.29 is 28.2 Å². The van der Waals surface area contributed by atoms with Crippen molar-refractivity contribution in [3.63, 3.8) is 0 Å².